The van der Waals surface area contributed by atoms with Gasteiger partial charge in [-0.25, -0.2) is 4.98 Å². The van der Waals surface area contributed by atoms with Crippen molar-refractivity contribution in [2.45, 2.75) is 38.6 Å². The molecule has 0 saturated carbocycles. The number of amides is 2. The number of aromatic nitrogens is 1. The molecule has 2 aromatic rings. The van der Waals surface area contributed by atoms with Crippen molar-refractivity contribution in [3.05, 3.63) is 28.3 Å². The number of rotatable bonds is 4. The molecule has 24 heavy (non-hydrogen) atoms. The van der Waals surface area contributed by atoms with Gasteiger partial charge in [0, 0.05) is 24.5 Å². The third-order valence-corrected chi connectivity index (χ3v) is 5.03. The lowest BCUT2D eigenvalue weighted by Gasteiger charge is -2.34. The zero-order chi connectivity index (χ0) is 17.1. The molecular weight excluding hydrogens is 326 g/mol. The first-order chi connectivity index (χ1) is 11.6. The molecule has 0 aliphatic carbocycles. The van der Waals surface area contributed by atoms with Crippen LogP contribution in [-0.4, -0.2) is 41.3 Å². The first-order valence-electron chi connectivity index (χ1n) is 8.10. The third kappa shape index (κ3) is 3.36. The number of piperidine rings is 1. The highest BCUT2D eigenvalue weighted by Gasteiger charge is 2.32. The lowest BCUT2D eigenvalue weighted by Crippen LogP contribution is -2.51. The predicted molar refractivity (Wildman–Crippen MR) is 91.7 cm³/mol. The number of hydrogen-bond donors (Lipinski definition) is 1. The second-order valence-corrected chi connectivity index (χ2v) is 6.70. The van der Waals surface area contributed by atoms with Crippen LogP contribution in [0.1, 0.15) is 30.7 Å². The molecule has 3 rings (SSSR count). The number of nitrogens with one attached hydrogen (secondary N) is 1. The Labute approximate surface area is 144 Å². The molecule has 128 valence electrons. The first-order valence-corrected chi connectivity index (χ1v) is 9.04. The lowest BCUT2D eigenvalue weighted by molar-refractivity contribution is -0.141. The number of carbonyl (C=O) groups excluding carboxylic acids is 2. The van der Waals surface area contributed by atoms with Crippen molar-refractivity contribution in [3.63, 3.8) is 0 Å². The molecule has 7 heteroatoms. The number of likely N-dealkylation sites (tertiary alicyclic amines) is 1. The molecule has 1 aliphatic heterocycles. The highest BCUT2D eigenvalue weighted by atomic mass is 32.1. The molecule has 0 radical (unpaired) electrons. The molecule has 0 spiro atoms. The number of hydrogen-bond acceptors (Lipinski definition) is 5. The molecule has 2 amide bonds. The molecule has 1 unspecified atom stereocenters. The van der Waals surface area contributed by atoms with Crippen LogP contribution >= 0.6 is 11.3 Å². The average Bonchev–Trinajstić information content (AvgIpc) is 3.24. The second-order valence-electron chi connectivity index (χ2n) is 5.92. The maximum atomic E-state index is 12.7. The summed E-state index contributed by atoms with van der Waals surface area (Å²) in [6.07, 6.45) is 2.76. The average molecular weight is 347 g/mol. The van der Waals surface area contributed by atoms with Gasteiger partial charge in [-0.15, -0.1) is 0 Å². The van der Waals surface area contributed by atoms with Crippen LogP contribution in [0.15, 0.2) is 21.2 Å². The quantitative estimate of drug-likeness (QED) is 0.921. The van der Waals surface area contributed by atoms with E-state index in [1.54, 1.807) is 23.3 Å². The Hall–Kier alpha value is -2.15. The molecule has 1 aliphatic rings. The molecule has 1 saturated heterocycles. The smallest absolute Gasteiger partial charge is 0.242 e. The number of nitrogens with zero attached hydrogens (tertiary/aromatic N) is 2. The van der Waals surface area contributed by atoms with E-state index in [0.717, 1.165) is 18.4 Å². The van der Waals surface area contributed by atoms with Gasteiger partial charge in [-0.1, -0.05) is 0 Å². The van der Waals surface area contributed by atoms with E-state index in [9.17, 15) is 9.59 Å². The first kappa shape index (κ1) is 16.7. The fraction of sp³-hybridized carbons (Fsp3) is 0.471. The second kappa shape index (κ2) is 7.17. The number of aryl methyl sites for hydroxylation is 1. The van der Waals surface area contributed by atoms with E-state index in [-0.39, 0.29) is 24.3 Å². The van der Waals surface area contributed by atoms with Crippen LogP contribution < -0.4 is 5.32 Å². The summed E-state index contributed by atoms with van der Waals surface area (Å²) in [5.41, 5.74) is 1.56. The minimum Gasteiger partial charge on any atom is -0.441 e. The van der Waals surface area contributed by atoms with Gasteiger partial charge in [0.1, 0.15) is 11.8 Å². The zero-order valence-electron chi connectivity index (χ0n) is 13.9. The van der Waals surface area contributed by atoms with Crippen molar-refractivity contribution >= 4 is 23.2 Å². The summed E-state index contributed by atoms with van der Waals surface area (Å²) in [6.45, 7) is 2.43. The number of oxazole rings is 1. The SMILES string of the molecule is CNC(=O)C1CCCCN1C(=O)Cc1nc(-c2ccsc2)oc1C. The molecule has 3 heterocycles. The van der Waals surface area contributed by atoms with Crippen molar-refractivity contribution in [1.82, 2.24) is 15.2 Å². The van der Waals surface area contributed by atoms with Gasteiger partial charge in [-0.3, -0.25) is 9.59 Å². The largest absolute Gasteiger partial charge is 0.441 e. The Bertz CT molecular complexity index is 724. The highest BCUT2D eigenvalue weighted by molar-refractivity contribution is 7.08. The molecule has 0 bridgehead atoms. The molecule has 2 aromatic heterocycles. The topological polar surface area (TPSA) is 75.4 Å². The van der Waals surface area contributed by atoms with E-state index in [4.69, 9.17) is 4.42 Å². The minimum absolute atomic E-state index is 0.0726. The van der Waals surface area contributed by atoms with Gasteiger partial charge in [0.05, 0.1) is 12.1 Å². The van der Waals surface area contributed by atoms with Crippen LogP contribution in [0, 0.1) is 6.92 Å². The molecule has 1 atom stereocenters. The van der Waals surface area contributed by atoms with E-state index in [1.807, 2.05) is 23.8 Å². The number of thiophene rings is 1. The summed E-state index contributed by atoms with van der Waals surface area (Å²) in [7, 11) is 1.61. The minimum atomic E-state index is -0.375. The maximum absolute atomic E-state index is 12.7. The van der Waals surface area contributed by atoms with Gasteiger partial charge in [-0.05, 0) is 37.6 Å². The number of likely N-dealkylation sites (N-methyl/N-ethyl adjacent to an activating group) is 1. The van der Waals surface area contributed by atoms with E-state index in [0.29, 0.717) is 30.3 Å². The van der Waals surface area contributed by atoms with Gasteiger partial charge in [0.2, 0.25) is 17.7 Å². The Balaban J connectivity index is 1.75. The van der Waals surface area contributed by atoms with Crippen LogP contribution in [0.25, 0.3) is 11.5 Å². The predicted octanol–water partition coefficient (Wildman–Crippen LogP) is 2.38. The van der Waals surface area contributed by atoms with Crippen molar-refractivity contribution in [2.75, 3.05) is 13.6 Å². The van der Waals surface area contributed by atoms with Crippen LogP contribution in [0.3, 0.4) is 0 Å². The van der Waals surface area contributed by atoms with E-state index in [2.05, 4.69) is 10.3 Å². The van der Waals surface area contributed by atoms with Crippen molar-refractivity contribution in [1.29, 1.82) is 0 Å². The normalized spacial score (nSPS) is 17.8. The fourth-order valence-corrected chi connectivity index (χ4v) is 3.65. The summed E-state index contributed by atoms with van der Waals surface area (Å²) in [5.74, 6) is 1.02. The van der Waals surface area contributed by atoms with Crippen molar-refractivity contribution in [2.24, 2.45) is 0 Å². The summed E-state index contributed by atoms with van der Waals surface area (Å²) in [5, 5.41) is 6.57. The fourth-order valence-electron chi connectivity index (χ4n) is 3.02. The molecule has 6 nitrogen and oxygen atoms in total. The van der Waals surface area contributed by atoms with Gasteiger partial charge in [0.25, 0.3) is 0 Å². The van der Waals surface area contributed by atoms with Gasteiger partial charge in [-0.2, -0.15) is 11.3 Å². The van der Waals surface area contributed by atoms with Crippen LogP contribution in [0.5, 0.6) is 0 Å². The maximum Gasteiger partial charge on any atom is 0.242 e. The summed E-state index contributed by atoms with van der Waals surface area (Å²) < 4.78 is 5.69. The Kier molecular flexibility index (Phi) is 4.99. The highest BCUT2D eigenvalue weighted by Crippen LogP contribution is 2.25. The van der Waals surface area contributed by atoms with Crippen molar-refractivity contribution < 1.29 is 14.0 Å². The summed E-state index contributed by atoms with van der Waals surface area (Å²) in [4.78, 5) is 30.9. The Morgan fingerprint density at radius 3 is 3.00 bits per heavy atom. The molecular formula is C17H21N3O3S. The van der Waals surface area contributed by atoms with E-state index >= 15 is 0 Å². The Morgan fingerprint density at radius 2 is 2.29 bits per heavy atom. The van der Waals surface area contributed by atoms with Crippen LogP contribution in [0.2, 0.25) is 0 Å². The van der Waals surface area contributed by atoms with Crippen molar-refractivity contribution in [3.8, 4) is 11.5 Å². The number of carbonyl (C=O) groups is 2. The van der Waals surface area contributed by atoms with E-state index < -0.39 is 0 Å². The zero-order valence-corrected chi connectivity index (χ0v) is 14.7. The molecule has 1 N–H and O–H groups in total. The lowest BCUT2D eigenvalue weighted by atomic mass is 10.0. The van der Waals surface area contributed by atoms with Gasteiger partial charge < -0.3 is 14.6 Å². The standard InChI is InChI=1S/C17H21N3O3S/c1-11-13(19-17(23-11)12-6-8-24-10-12)9-15(21)20-7-4-3-5-14(20)16(22)18-2/h6,8,10,14H,3-5,7,9H2,1-2H3,(H,18,22). The molecule has 1 fully saturated rings. The third-order valence-electron chi connectivity index (χ3n) is 4.35. The monoisotopic (exact) mass is 347 g/mol. The molecule has 0 aromatic carbocycles. The van der Waals surface area contributed by atoms with Crippen LogP contribution in [0.4, 0.5) is 0 Å². The van der Waals surface area contributed by atoms with Gasteiger partial charge >= 0.3 is 0 Å². The van der Waals surface area contributed by atoms with Gasteiger partial charge in [0.15, 0.2) is 0 Å². The summed E-state index contributed by atoms with van der Waals surface area (Å²) in [6, 6.07) is 1.56. The summed E-state index contributed by atoms with van der Waals surface area (Å²) >= 11 is 1.57. The van der Waals surface area contributed by atoms with E-state index in [1.165, 1.54) is 0 Å². The van der Waals surface area contributed by atoms with Crippen LogP contribution in [-0.2, 0) is 16.0 Å². The Morgan fingerprint density at radius 1 is 1.46 bits per heavy atom.